The maximum absolute atomic E-state index is 9.40. The molecule has 0 radical (unpaired) electrons. The monoisotopic (exact) mass is 253 g/mol. The number of hydrogen-bond donors (Lipinski definition) is 1. The minimum Gasteiger partial charge on any atom is -0.391 e. The van der Waals surface area contributed by atoms with E-state index in [4.69, 9.17) is 0 Å². The molecule has 4 heteroatoms. The van der Waals surface area contributed by atoms with Crippen molar-refractivity contribution in [2.45, 2.75) is 54.1 Å². The van der Waals surface area contributed by atoms with E-state index in [0.717, 1.165) is 30.3 Å². The summed E-state index contributed by atoms with van der Waals surface area (Å²) in [6.07, 6.45) is 0.593. The molecule has 2 heterocycles. The molecule has 1 unspecified atom stereocenters. The normalized spacial score (nSPS) is 17.5. The zero-order chi connectivity index (χ0) is 14.1. The van der Waals surface area contributed by atoms with Crippen LogP contribution >= 0.6 is 0 Å². The average Bonchev–Trinajstić information content (AvgIpc) is 2.80. The molecule has 104 valence electrons. The Bertz CT molecular complexity index is 322. The molecule has 1 N–H and O–H groups in total. The number of aliphatic hydroxyl groups is 1. The molecule has 18 heavy (non-hydrogen) atoms. The number of hydrogen-bond acceptors (Lipinski definition) is 4. The average molecular weight is 253 g/mol. The van der Waals surface area contributed by atoms with E-state index in [1.54, 1.807) is 0 Å². The van der Waals surface area contributed by atoms with Gasteiger partial charge in [0.2, 0.25) is 5.95 Å². The van der Waals surface area contributed by atoms with E-state index in [1.807, 2.05) is 52.5 Å². The number of anilines is 1. The van der Waals surface area contributed by atoms with Crippen LogP contribution in [0.3, 0.4) is 0 Å². The molecule has 1 aliphatic rings. The Kier molecular flexibility index (Phi) is 8.29. The third-order valence-corrected chi connectivity index (χ3v) is 2.42. The standard InChI is InChI=1S/C10H15N3O.2C2H6/c1-7-5-8(2)12-10(11-7)13-4-3-9(14)6-13;2*1-2/h5,9,14H,3-4,6H2,1-2H3;2*1-2H3. The smallest absolute Gasteiger partial charge is 0.225 e. The molecule has 0 bridgehead atoms. The highest BCUT2D eigenvalue weighted by molar-refractivity contribution is 5.33. The fraction of sp³-hybridized carbons (Fsp3) is 0.714. The lowest BCUT2D eigenvalue weighted by molar-refractivity contribution is 0.198. The molecule has 1 aliphatic heterocycles. The molecule has 1 aromatic heterocycles. The first-order chi connectivity index (χ1) is 8.65. The number of aromatic nitrogens is 2. The van der Waals surface area contributed by atoms with Crippen molar-refractivity contribution in [1.82, 2.24) is 9.97 Å². The summed E-state index contributed by atoms with van der Waals surface area (Å²) < 4.78 is 0. The lowest BCUT2D eigenvalue weighted by Crippen LogP contribution is -2.23. The Labute approximate surface area is 111 Å². The Balaban J connectivity index is 0.000000659. The van der Waals surface area contributed by atoms with Crippen molar-refractivity contribution in [2.75, 3.05) is 18.0 Å². The second kappa shape index (κ2) is 8.86. The van der Waals surface area contributed by atoms with Gasteiger partial charge in [-0.25, -0.2) is 9.97 Å². The van der Waals surface area contributed by atoms with Gasteiger partial charge in [-0.15, -0.1) is 0 Å². The molecule has 0 saturated carbocycles. The van der Waals surface area contributed by atoms with Crippen LogP contribution in [0.4, 0.5) is 5.95 Å². The molecule has 0 aromatic carbocycles. The SMILES string of the molecule is CC.CC.Cc1cc(C)nc(N2CCC(O)C2)n1. The van der Waals surface area contributed by atoms with Gasteiger partial charge in [0.15, 0.2) is 0 Å². The molecule has 1 aromatic rings. The number of aryl methyl sites for hydroxylation is 2. The van der Waals surface area contributed by atoms with Gasteiger partial charge in [0.1, 0.15) is 0 Å². The third kappa shape index (κ3) is 5.00. The molecule has 0 aliphatic carbocycles. The Morgan fingerprint density at radius 1 is 1.11 bits per heavy atom. The first kappa shape index (κ1) is 16.8. The summed E-state index contributed by atoms with van der Waals surface area (Å²) in [7, 11) is 0. The highest BCUT2D eigenvalue weighted by atomic mass is 16.3. The van der Waals surface area contributed by atoms with Crippen molar-refractivity contribution in [2.24, 2.45) is 0 Å². The van der Waals surface area contributed by atoms with Crippen LogP contribution in [0.25, 0.3) is 0 Å². The second-order valence-electron chi connectivity index (χ2n) is 3.84. The van der Waals surface area contributed by atoms with Crippen LogP contribution in [0.15, 0.2) is 6.07 Å². The summed E-state index contributed by atoms with van der Waals surface area (Å²) in [6.45, 7) is 13.4. The van der Waals surface area contributed by atoms with Crippen LogP contribution in [0.5, 0.6) is 0 Å². The predicted octanol–water partition coefficient (Wildman–Crippen LogP) is 2.72. The first-order valence-corrected chi connectivity index (χ1v) is 6.90. The first-order valence-electron chi connectivity index (χ1n) is 6.90. The van der Waals surface area contributed by atoms with Crippen LogP contribution in [-0.2, 0) is 0 Å². The zero-order valence-corrected chi connectivity index (χ0v) is 12.6. The van der Waals surface area contributed by atoms with Crippen molar-refractivity contribution in [1.29, 1.82) is 0 Å². The van der Waals surface area contributed by atoms with Gasteiger partial charge in [0.25, 0.3) is 0 Å². The number of rotatable bonds is 1. The summed E-state index contributed by atoms with van der Waals surface area (Å²) >= 11 is 0. The molecule has 1 saturated heterocycles. The fourth-order valence-electron chi connectivity index (χ4n) is 1.77. The van der Waals surface area contributed by atoms with Crippen LogP contribution in [0.2, 0.25) is 0 Å². The van der Waals surface area contributed by atoms with E-state index in [9.17, 15) is 5.11 Å². The van der Waals surface area contributed by atoms with Crippen LogP contribution in [0.1, 0.15) is 45.5 Å². The molecule has 0 amide bonds. The van der Waals surface area contributed by atoms with Gasteiger partial charge in [0, 0.05) is 24.5 Å². The molecule has 0 spiro atoms. The van der Waals surface area contributed by atoms with Crippen LogP contribution < -0.4 is 4.90 Å². The van der Waals surface area contributed by atoms with E-state index < -0.39 is 0 Å². The minimum absolute atomic E-state index is 0.223. The third-order valence-electron chi connectivity index (χ3n) is 2.42. The van der Waals surface area contributed by atoms with Gasteiger partial charge in [-0.2, -0.15) is 0 Å². The summed E-state index contributed by atoms with van der Waals surface area (Å²) in [6, 6.07) is 1.95. The van der Waals surface area contributed by atoms with Crippen molar-refractivity contribution in [3.8, 4) is 0 Å². The van der Waals surface area contributed by atoms with Gasteiger partial charge >= 0.3 is 0 Å². The van der Waals surface area contributed by atoms with Gasteiger partial charge < -0.3 is 10.0 Å². The molecule has 2 rings (SSSR count). The van der Waals surface area contributed by atoms with Crippen molar-refractivity contribution in [3.05, 3.63) is 17.5 Å². The Morgan fingerprint density at radius 2 is 1.61 bits per heavy atom. The van der Waals surface area contributed by atoms with Crippen LogP contribution in [-0.4, -0.2) is 34.3 Å². The van der Waals surface area contributed by atoms with Gasteiger partial charge in [-0.1, -0.05) is 27.7 Å². The van der Waals surface area contributed by atoms with E-state index in [0.29, 0.717) is 6.54 Å². The largest absolute Gasteiger partial charge is 0.391 e. The molecule has 4 nitrogen and oxygen atoms in total. The molecule has 1 fully saturated rings. The Morgan fingerprint density at radius 3 is 2.00 bits per heavy atom. The molecule has 1 atom stereocenters. The van der Waals surface area contributed by atoms with Crippen LogP contribution in [0, 0.1) is 13.8 Å². The lowest BCUT2D eigenvalue weighted by atomic mass is 10.3. The van der Waals surface area contributed by atoms with Gasteiger partial charge in [0.05, 0.1) is 6.10 Å². The fourth-order valence-corrected chi connectivity index (χ4v) is 1.77. The minimum atomic E-state index is -0.223. The highest BCUT2D eigenvalue weighted by Gasteiger charge is 2.22. The summed E-state index contributed by atoms with van der Waals surface area (Å²) in [4.78, 5) is 10.7. The number of nitrogens with zero attached hydrogens (tertiary/aromatic N) is 3. The Hall–Kier alpha value is -1.16. The molecular formula is C14H27N3O. The maximum atomic E-state index is 9.40. The van der Waals surface area contributed by atoms with Gasteiger partial charge in [-0.05, 0) is 26.3 Å². The van der Waals surface area contributed by atoms with Crippen molar-refractivity contribution >= 4 is 5.95 Å². The van der Waals surface area contributed by atoms with Gasteiger partial charge in [-0.3, -0.25) is 0 Å². The van der Waals surface area contributed by atoms with Crippen molar-refractivity contribution in [3.63, 3.8) is 0 Å². The van der Waals surface area contributed by atoms with E-state index in [-0.39, 0.29) is 6.10 Å². The lowest BCUT2D eigenvalue weighted by Gasteiger charge is -2.15. The predicted molar refractivity (Wildman–Crippen MR) is 77.0 cm³/mol. The highest BCUT2D eigenvalue weighted by Crippen LogP contribution is 2.16. The summed E-state index contributed by atoms with van der Waals surface area (Å²) in [5.74, 6) is 0.749. The number of aliphatic hydroxyl groups excluding tert-OH is 1. The molecular weight excluding hydrogens is 226 g/mol. The number of β-amino-alcohol motifs (C(OH)–C–C–N with tert-alkyl or cyclic N) is 1. The quantitative estimate of drug-likeness (QED) is 0.836. The zero-order valence-electron chi connectivity index (χ0n) is 12.6. The maximum Gasteiger partial charge on any atom is 0.225 e. The van der Waals surface area contributed by atoms with E-state index in [2.05, 4.69) is 9.97 Å². The van der Waals surface area contributed by atoms with E-state index in [1.165, 1.54) is 0 Å². The van der Waals surface area contributed by atoms with Crippen molar-refractivity contribution < 1.29 is 5.11 Å². The second-order valence-corrected chi connectivity index (χ2v) is 3.84. The summed E-state index contributed by atoms with van der Waals surface area (Å²) in [5.41, 5.74) is 1.96. The summed E-state index contributed by atoms with van der Waals surface area (Å²) in [5, 5.41) is 9.40. The van der Waals surface area contributed by atoms with E-state index >= 15 is 0 Å². The topological polar surface area (TPSA) is 49.2 Å².